The molecule has 7 nitrogen and oxygen atoms in total. The summed E-state index contributed by atoms with van der Waals surface area (Å²) in [5.41, 5.74) is 2.37. The summed E-state index contributed by atoms with van der Waals surface area (Å²) >= 11 is 1.37. The Morgan fingerprint density at radius 1 is 1.05 bits per heavy atom. The highest BCUT2D eigenvalue weighted by atomic mass is 32.2. The summed E-state index contributed by atoms with van der Waals surface area (Å²) in [6.45, 7) is 0. The first kappa shape index (κ1) is 13.4. The maximum absolute atomic E-state index is 5.29. The van der Waals surface area contributed by atoms with Crippen LogP contribution in [0.3, 0.4) is 0 Å². The monoisotopic (exact) mass is 279 g/mol. The summed E-state index contributed by atoms with van der Waals surface area (Å²) in [5.74, 6) is 6.34. The SMILES string of the molecule is COc1ccc(Sc2nc(NN)nc(OC)n2)cc1. The fourth-order valence-electron chi connectivity index (χ4n) is 1.29. The highest BCUT2D eigenvalue weighted by molar-refractivity contribution is 7.99. The Morgan fingerprint density at radius 2 is 1.79 bits per heavy atom. The van der Waals surface area contributed by atoms with Gasteiger partial charge in [0, 0.05) is 4.90 Å². The zero-order chi connectivity index (χ0) is 13.7. The second-order valence-electron chi connectivity index (χ2n) is 3.35. The zero-order valence-electron chi connectivity index (χ0n) is 10.5. The number of benzene rings is 1. The molecule has 0 aliphatic rings. The molecule has 0 amide bonds. The summed E-state index contributed by atoms with van der Waals surface area (Å²) in [4.78, 5) is 13.2. The maximum atomic E-state index is 5.29. The average Bonchev–Trinajstić information content (AvgIpc) is 2.47. The quantitative estimate of drug-likeness (QED) is 0.625. The molecular formula is C11H13N5O2S. The van der Waals surface area contributed by atoms with Crippen LogP contribution in [0.25, 0.3) is 0 Å². The average molecular weight is 279 g/mol. The van der Waals surface area contributed by atoms with Crippen molar-refractivity contribution in [3.05, 3.63) is 24.3 Å². The molecule has 3 N–H and O–H groups in total. The maximum Gasteiger partial charge on any atom is 0.322 e. The van der Waals surface area contributed by atoms with E-state index in [0.717, 1.165) is 10.6 Å². The van der Waals surface area contributed by atoms with Gasteiger partial charge in [-0.05, 0) is 36.0 Å². The highest BCUT2D eigenvalue weighted by Crippen LogP contribution is 2.27. The van der Waals surface area contributed by atoms with Crippen molar-refractivity contribution in [2.24, 2.45) is 5.84 Å². The Morgan fingerprint density at radius 3 is 2.37 bits per heavy atom. The van der Waals surface area contributed by atoms with Crippen LogP contribution in [0.2, 0.25) is 0 Å². The standard InChI is InChI=1S/C11H13N5O2S/c1-17-7-3-5-8(6-4-7)19-11-14-9(16-12)13-10(15-11)18-2/h3-6H,12H2,1-2H3,(H,13,14,15,16). The minimum absolute atomic E-state index is 0.207. The fraction of sp³-hybridized carbons (Fsp3) is 0.182. The lowest BCUT2D eigenvalue weighted by molar-refractivity contribution is 0.373. The molecule has 1 aromatic heterocycles. The summed E-state index contributed by atoms with van der Waals surface area (Å²) in [7, 11) is 3.11. The van der Waals surface area contributed by atoms with Crippen molar-refractivity contribution in [2.45, 2.75) is 10.1 Å². The molecule has 0 bridgehead atoms. The number of hydrazine groups is 1. The number of methoxy groups -OCH3 is 2. The first-order valence-electron chi connectivity index (χ1n) is 5.33. The van der Waals surface area contributed by atoms with Crippen LogP contribution in [0.1, 0.15) is 0 Å². The van der Waals surface area contributed by atoms with Crippen molar-refractivity contribution >= 4 is 17.7 Å². The van der Waals surface area contributed by atoms with E-state index < -0.39 is 0 Å². The van der Waals surface area contributed by atoms with Crippen LogP contribution in [0, 0.1) is 0 Å². The molecule has 0 atom stereocenters. The van der Waals surface area contributed by atoms with Gasteiger partial charge in [0.1, 0.15) is 5.75 Å². The third-order valence-corrected chi connectivity index (χ3v) is 3.05. The largest absolute Gasteiger partial charge is 0.497 e. The van der Waals surface area contributed by atoms with E-state index in [0.29, 0.717) is 5.16 Å². The van der Waals surface area contributed by atoms with Crippen molar-refractivity contribution in [2.75, 3.05) is 19.6 Å². The molecule has 2 rings (SSSR count). The van der Waals surface area contributed by atoms with Crippen molar-refractivity contribution in [3.8, 4) is 11.8 Å². The van der Waals surface area contributed by atoms with Crippen LogP contribution in [0.4, 0.5) is 5.95 Å². The van der Waals surface area contributed by atoms with Crippen molar-refractivity contribution in [1.82, 2.24) is 15.0 Å². The van der Waals surface area contributed by atoms with Gasteiger partial charge in [-0.25, -0.2) is 5.84 Å². The van der Waals surface area contributed by atoms with E-state index in [9.17, 15) is 0 Å². The van der Waals surface area contributed by atoms with E-state index in [4.69, 9.17) is 15.3 Å². The van der Waals surface area contributed by atoms with Gasteiger partial charge in [0.25, 0.3) is 0 Å². The molecule has 0 aliphatic heterocycles. The van der Waals surface area contributed by atoms with E-state index in [1.165, 1.54) is 18.9 Å². The van der Waals surface area contributed by atoms with Gasteiger partial charge in [0.2, 0.25) is 11.1 Å². The summed E-state index contributed by atoms with van der Waals surface area (Å²) < 4.78 is 10.1. The molecule has 0 aliphatic carbocycles. The molecule has 0 unspecified atom stereocenters. The van der Waals surface area contributed by atoms with Crippen LogP contribution in [0.15, 0.2) is 34.3 Å². The predicted octanol–water partition coefficient (Wildman–Crippen LogP) is 1.33. The van der Waals surface area contributed by atoms with Gasteiger partial charge in [0.05, 0.1) is 14.2 Å². The van der Waals surface area contributed by atoms with E-state index in [1.807, 2.05) is 24.3 Å². The Kier molecular flexibility index (Phi) is 4.37. The van der Waals surface area contributed by atoms with Gasteiger partial charge >= 0.3 is 6.01 Å². The molecule has 0 radical (unpaired) electrons. The van der Waals surface area contributed by atoms with Crippen LogP contribution < -0.4 is 20.7 Å². The normalized spacial score (nSPS) is 10.1. The number of nitrogens with one attached hydrogen (secondary N) is 1. The highest BCUT2D eigenvalue weighted by Gasteiger charge is 2.07. The molecule has 0 saturated carbocycles. The van der Waals surface area contributed by atoms with Gasteiger partial charge < -0.3 is 9.47 Å². The Balaban J connectivity index is 2.21. The van der Waals surface area contributed by atoms with Crippen LogP contribution in [-0.4, -0.2) is 29.2 Å². The number of hydrogen-bond acceptors (Lipinski definition) is 8. The number of aromatic nitrogens is 3. The number of ether oxygens (including phenoxy) is 2. The number of nitrogen functional groups attached to an aromatic ring is 1. The molecular weight excluding hydrogens is 266 g/mol. The van der Waals surface area contributed by atoms with Crippen molar-refractivity contribution < 1.29 is 9.47 Å². The number of anilines is 1. The Labute approximate surface area is 114 Å². The van der Waals surface area contributed by atoms with Gasteiger partial charge in [0.15, 0.2) is 0 Å². The van der Waals surface area contributed by atoms with Crippen LogP contribution >= 0.6 is 11.8 Å². The lowest BCUT2D eigenvalue weighted by Crippen LogP contribution is -2.12. The molecule has 0 saturated heterocycles. The number of hydrogen-bond donors (Lipinski definition) is 2. The van der Waals surface area contributed by atoms with E-state index >= 15 is 0 Å². The van der Waals surface area contributed by atoms with E-state index in [1.54, 1.807) is 7.11 Å². The third kappa shape index (κ3) is 3.46. The molecule has 100 valence electrons. The first-order chi connectivity index (χ1) is 9.25. The third-order valence-electron chi connectivity index (χ3n) is 2.17. The predicted molar refractivity (Wildman–Crippen MR) is 71.3 cm³/mol. The summed E-state index contributed by atoms with van der Waals surface area (Å²) in [5, 5.41) is 0.491. The number of nitrogens with zero attached hydrogens (tertiary/aromatic N) is 3. The number of rotatable bonds is 5. The molecule has 0 spiro atoms. The first-order valence-corrected chi connectivity index (χ1v) is 6.15. The minimum Gasteiger partial charge on any atom is -0.497 e. The van der Waals surface area contributed by atoms with E-state index in [2.05, 4.69) is 20.4 Å². The van der Waals surface area contributed by atoms with E-state index in [-0.39, 0.29) is 12.0 Å². The summed E-state index contributed by atoms with van der Waals surface area (Å²) in [6.07, 6.45) is 0. The van der Waals surface area contributed by atoms with Gasteiger partial charge in [-0.15, -0.1) is 0 Å². The topological polar surface area (TPSA) is 95.2 Å². The summed E-state index contributed by atoms with van der Waals surface area (Å²) in [6, 6.07) is 7.76. The van der Waals surface area contributed by atoms with Crippen molar-refractivity contribution in [3.63, 3.8) is 0 Å². The molecule has 1 heterocycles. The van der Waals surface area contributed by atoms with Crippen molar-refractivity contribution in [1.29, 1.82) is 0 Å². The van der Waals surface area contributed by atoms with Crippen LogP contribution in [0.5, 0.6) is 11.8 Å². The second-order valence-corrected chi connectivity index (χ2v) is 4.39. The smallest absolute Gasteiger partial charge is 0.322 e. The number of nitrogens with two attached hydrogens (primary N) is 1. The van der Waals surface area contributed by atoms with Gasteiger partial charge in [-0.3, -0.25) is 5.43 Å². The minimum atomic E-state index is 0.207. The fourth-order valence-corrected chi connectivity index (χ4v) is 2.03. The molecule has 2 aromatic rings. The van der Waals surface area contributed by atoms with Gasteiger partial charge in [-0.2, -0.15) is 15.0 Å². The van der Waals surface area contributed by atoms with Gasteiger partial charge in [-0.1, -0.05) is 0 Å². The molecule has 1 aromatic carbocycles. The zero-order valence-corrected chi connectivity index (χ0v) is 11.3. The lowest BCUT2D eigenvalue weighted by atomic mass is 10.3. The molecule has 19 heavy (non-hydrogen) atoms. The lowest BCUT2D eigenvalue weighted by Gasteiger charge is -2.05. The Bertz CT molecular complexity index is 527. The van der Waals surface area contributed by atoms with Crippen LogP contribution in [-0.2, 0) is 0 Å². The second kappa shape index (κ2) is 6.21. The molecule has 8 heteroatoms. The Hall–Kier alpha value is -2.06. The molecule has 0 fully saturated rings.